The Morgan fingerprint density at radius 2 is 2.04 bits per heavy atom. The van der Waals surface area contributed by atoms with Gasteiger partial charge in [0.25, 0.3) is 0 Å². The largest absolute Gasteiger partial charge is 0.465 e. The molecule has 0 saturated carbocycles. The van der Waals surface area contributed by atoms with Gasteiger partial charge in [0.15, 0.2) is 0 Å². The average Bonchev–Trinajstić information content (AvgIpc) is 2.56. The minimum Gasteiger partial charge on any atom is -0.465 e. The first-order valence-corrected chi connectivity index (χ1v) is 7.10. The molecule has 0 aromatic heterocycles. The molecule has 0 spiro atoms. The Kier molecular flexibility index (Phi) is 7.96. The van der Waals surface area contributed by atoms with Crippen molar-refractivity contribution in [2.24, 2.45) is 11.0 Å². The van der Waals surface area contributed by atoms with E-state index in [4.69, 9.17) is 15.0 Å². The zero-order valence-corrected chi connectivity index (χ0v) is 12.9. The number of carbonyl (C=O) groups is 2. The molecule has 2 atom stereocenters. The molecule has 0 heterocycles. The summed E-state index contributed by atoms with van der Waals surface area (Å²) in [5.74, 6) is -1.15. The van der Waals surface area contributed by atoms with Gasteiger partial charge < -0.3 is 9.47 Å². The molecule has 0 N–H and O–H groups in total. The number of nitrogens with zero attached hydrogens (tertiary/aromatic N) is 3. The third-order valence-electron chi connectivity index (χ3n) is 3.15. The fourth-order valence-electron chi connectivity index (χ4n) is 1.92. The highest BCUT2D eigenvalue weighted by Gasteiger charge is 2.19. The van der Waals surface area contributed by atoms with Gasteiger partial charge in [-0.15, -0.1) is 6.58 Å². The first kappa shape index (κ1) is 18.3. The summed E-state index contributed by atoms with van der Waals surface area (Å²) in [6, 6.07) is 8.05. The zero-order valence-electron chi connectivity index (χ0n) is 12.9. The van der Waals surface area contributed by atoms with Crippen LogP contribution in [0, 0.1) is 5.92 Å². The third-order valence-corrected chi connectivity index (χ3v) is 3.15. The van der Waals surface area contributed by atoms with Crippen molar-refractivity contribution in [3.05, 3.63) is 59.0 Å². The zero-order chi connectivity index (χ0) is 17.1. The standard InChI is InChI=1S/C16H19N3O4/c1-3-13(15(18-19-17)11-23-12(2)20)9-10-22-16(21)14-7-5-4-6-8-14/h3-8,13,15H,1,9-11H2,2H3/t13-,15+/m1/s1. The number of carbonyl (C=O) groups excluding carboxylic acids is 2. The Labute approximate surface area is 134 Å². The Balaban J connectivity index is 2.53. The summed E-state index contributed by atoms with van der Waals surface area (Å²) in [5.41, 5.74) is 9.07. The Bertz CT molecular complexity index is 582. The van der Waals surface area contributed by atoms with Crippen LogP contribution in [0.3, 0.4) is 0 Å². The molecule has 1 aromatic carbocycles. The van der Waals surface area contributed by atoms with Crippen LogP contribution in [0.1, 0.15) is 23.7 Å². The van der Waals surface area contributed by atoms with Crippen molar-refractivity contribution in [1.82, 2.24) is 0 Å². The summed E-state index contributed by atoms with van der Waals surface area (Å²) in [4.78, 5) is 25.4. The molecular weight excluding hydrogens is 298 g/mol. The predicted octanol–water partition coefficient (Wildman–Crippen LogP) is 3.28. The molecule has 0 radical (unpaired) electrons. The normalized spacial score (nSPS) is 12.4. The Morgan fingerprint density at radius 3 is 2.61 bits per heavy atom. The van der Waals surface area contributed by atoms with E-state index in [0.717, 1.165) is 0 Å². The molecule has 1 rings (SSSR count). The van der Waals surface area contributed by atoms with Crippen LogP contribution < -0.4 is 0 Å². The quantitative estimate of drug-likeness (QED) is 0.229. The molecule has 23 heavy (non-hydrogen) atoms. The number of azide groups is 1. The molecule has 122 valence electrons. The van der Waals surface area contributed by atoms with Crippen molar-refractivity contribution < 1.29 is 19.1 Å². The summed E-state index contributed by atoms with van der Waals surface area (Å²) in [5, 5.41) is 3.61. The van der Waals surface area contributed by atoms with Gasteiger partial charge in [-0.25, -0.2) is 4.79 Å². The van der Waals surface area contributed by atoms with Crippen molar-refractivity contribution >= 4 is 11.9 Å². The summed E-state index contributed by atoms with van der Waals surface area (Å²) < 4.78 is 10.1. The van der Waals surface area contributed by atoms with Crippen molar-refractivity contribution in [3.63, 3.8) is 0 Å². The van der Waals surface area contributed by atoms with Crippen LogP contribution in [0.4, 0.5) is 0 Å². The number of benzene rings is 1. The molecule has 1 aromatic rings. The van der Waals surface area contributed by atoms with Crippen LogP contribution in [-0.2, 0) is 14.3 Å². The van der Waals surface area contributed by atoms with E-state index >= 15 is 0 Å². The van der Waals surface area contributed by atoms with Crippen molar-refractivity contribution in [2.45, 2.75) is 19.4 Å². The molecule has 0 amide bonds. The van der Waals surface area contributed by atoms with E-state index in [2.05, 4.69) is 16.6 Å². The van der Waals surface area contributed by atoms with Gasteiger partial charge >= 0.3 is 11.9 Å². The van der Waals surface area contributed by atoms with Crippen molar-refractivity contribution in [3.8, 4) is 0 Å². The number of hydrogen-bond acceptors (Lipinski definition) is 5. The average molecular weight is 317 g/mol. The van der Waals surface area contributed by atoms with Crippen molar-refractivity contribution in [2.75, 3.05) is 13.2 Å². The van der Waals surface area contributed by atoms with Gasteiger partial charge in [0.2, 0.25) is 0 Å². The Morgan fingerprint density at radius 1 is 1.35 bits per heavy atom. The minimum absolute atomic E-state index is 0.0390. The fraction of sp³-hybridized carbons (Fsp3) is 0.375. The molecule has 0 aliphatic heterocycles. The van der Waals surface area contributed by atoms with E-state index in [1.165, 1.54) is 6.92 Å². The molecule has 0 aliphatic carbocycles. The lowest BCUT2D eigenvalue weighted by Gasteiger charge is -2.19. The van der Waals surface area contributed by atoms with Crippen LogP contribution in [-0.4, -0.2) is 31.2 Å². The lowest BCUT2D eigenvalue weighted by Crippen LogP contribution is -2.25. The number of esters is 2. The second-order valence-electron chi connectivity index (χ2n) is 4.77. The van der Waals surface area contributed by atoms with Crippen LogP contribution in [0.5, 0.6) is 0 Å². The van der Waals surface area contributed by atoms with Gasteiger partial charge in [-0.2, -0.15) is 0 Å². The molecular formula is C16H19N3O4. The number of rotatable bonds is 9. The maximum Gasteiger partial charge on any atom is 0.338 e. The topological polar surface area (TPSA) is 101 Å². The molecule has 0 bridgehead atoms. The first-order valence-electron chi connectivity index (χ1n) is 7.10. The third kappa shape index (κ3) is 6.67. The van der Waals surface area contributed by atoms with E-state index < -0.39 is 18.0 Å². The monoisotopic (exact) mass is 317 g/mol. The highest BCUT2D eigenvalue weighted by Crippen LogP contribution is 2.16. The summed E-state index contributed by atoms with van der Waals surface area (Å²) in [6.45, 7) is 5.06. The predicted molar refractivity (Wildman–Crippen MR) is 84.6 cm³/mol. The Hall–Kier alpha value is -2.79. The van der Waals surface area contributed by atoms with Crippen LogP contribution in [0.15, 0.2) is 48.1 Å². The fourth-order valence-corrected chi connectivity index (χ4v) is 1.92. The first-order chi connectivity index (χ1) is 11.1. The van der Waals surface area contributed by atoms with Gasteiger partial charge in [-0.05, 0) is 30.0 Å². The molecule has 0 fully saturated rings. The highest BCUT2D eigenvalue weighted by atomic mass is 16.5. The summed E-state index contributed by atoms with van der Waals surface area (Å²) in [6.07, 6.45) is 2.01. The number of hydrogen-bond donors (Lipinski definition) is 0. The van der Waals surface area contributed by atoms with Gasteiger partial charge in [-0.1, -0.05) is 29.4 Å². The number of ether oxygens (including phenoxy) is 2. The van der Waals surface area contributed by atoms with Gasteiger partial charge in [-0.3, -0.25) is 4.79 Å². The maximum absolute atomic E-state index is 11.8. The molecule has 0 unspecified atom stereocenters. The minimum atomic E-state index is -0.586. The van der Waals surface area contributed by atoms with Gasteiger partial charge in [0, 0.05) is 11.8 Å². The van der Waals surface area contributed by atoms with E-state index in [0.29, 0.717) is 12.0 Å². The van der Waals surface area contributed by atoms with Crippen LogP contribution >= 0.6 is 0 Å². The second-order valence-corrected chi connectivity index (χ2v) is 4.77. The smallest absolute Gasteiger partial charge is 0.338 e. The maximum atomic E-state index is 11.8. The van der Waals surface area contributed by atoms with E-state index in [1.807, 2.05) is 6.07 Å². The van der Waals surface area contributed by atoms with E-state index in [1.54, 1.807) is 30.3 Å². The molecule has 7 heteroatoms. The van der Waals surface area contributed by atoms with E-state index in [9.17, 15) is 9.59 Å². The van der Waals surface area contributed by atoms with Crippen LogP contribution in [0.2, 0.25) is 0 Å². The van der Waals surface area contributed by atoms with Gasteiger partial charge in [0.05, 0.1) is 18.2 Å². The van der Waals surface area contributed by atoms with Gasteiger partial charge in [0.1, 0.15) is 6.61 Å². The highest BCUT2D eigenvalue weighted by molar-refractivity contribution is 5.89. The lowest BCUT2D eigenvalue weighted by molar-refractivity contribution is -0.141. The van der Waals surface area contributed by atoms with Crippen LogP contribution in [0.25, 0.3) is 10.4 Å². The van der Waals surface area contributed by atoms with E-state index in [-0.39, 0.29) is 19.1 Å². The molecule has 0 aliphatic rings. The second kappa shape index (κ2) is 10.0. The lowest BCUT2D eigenvalue weighted by atomic mass is 9.98. The van der Waals surface area contributed by atoms with Crippen molar-refractivity contribution in [1.29, 1.82) is 0 Å². The SMILES string of the molecule is C=C[C@H](CCOC(=O)c1ccccc1)[C@H](COC(C)=O)N=[N+]=[N-]. The molecule has 7 nitrogen and oxygen atoms in total. The summed E-state index contributed by atoms with van der Waals surface area (Å²) >= 11 is 0. The molecule has 0 saturated heterocycles. The summed E-state index contributed by atoms with van der Waals surface area (Å²) in [7, 11) is 0.